The molecule has 0 bridgehead atoms. The molecule has 0 amide bonds. The fourth-order valence-electron chi connectivity index (χ4n) is 1.43. The van der Waals surface area contributed by atoms with Crippen molar-refractivity contribution in [3.05, 3.63) is 68.1 Å². The van der Waals surface area contributed by atoms with Crippen LogP contribution in [0.25, 0.3) is 0 Å². The van der Waals surface area contributed by atoms with Crippen molar-refractivity contribution in [2.75, 3.05) is 0 Å². The highest BCUT2D eigenvalue weighted by Crippen LogP contribution is 2.24. The Morgan fingerprint density at radius 2 is 1.65 bits per heavy atom. The lowest BCUT2D eigenvalue weighted by atomic mass is 10.0. The molecule has 0 aliphatic heterocycles. The first-order valence-corrected chi connectivity index (χ1v) is 6.38. The molecule has 0 fully saturated rings. The van der Waals surface area contributed by atoms with E-state index in [2.05, 4.69) is 15.9 Å². The van der Waals surface area contributed by atoms with Gasteiger partial charge in [-0.05, 0) is 30.3 Å². The average Bonchev–Trinajstić information content (AvgIpc) is 2.32. The zero-order chi connectivity index (χ0) is 12.4. The average molecular weight is 330 g/mol. The number of carbonyl (C=O) groups excluding carboxylic acids is 1. The van der Waals surface area contributed by atoms with E-state index in [0.717, 1.165) is 4.47 Å². The molecule has 0 spiro atoms. The molecule has 0 N–H and O–H groups in total. The molecule has 0 aromatic heterocycles. The van der Waals surface area contributed by atoms with Crippen molar-refractivity contribution in [3.8, 4) is 0 Å². The molecule has 0 saturated carbocycles. The van der Waals surface area contributed by atoms with Gasteiger partial charge in [-0.1, -0.05) is 51.3 Å². The predicted molar refractivity (Wildman–Crippen MR) is 74.0 cm³/mol. The summed E-state index contributed by atoms with van der Waals surface area (Å²) in [6.45, 7) is 0. The second-order valence-corrected chi connectivity index (χ2v) is 5.20. The van der Waals surface area contributed by atoms with Crippen molar-refractivity contribution in [1.82, 2.24) is 0 Å². The van der Waals surface area contributed by atoms with E-state index in [-0.39, 0.29) is 5.78 Å². The molecule has 0 aliphatic carbocycles. The summed E-state index contributed by atoms with van der Waals surface area (Å²) in [5.74, 6) is -0.0788. The van der Waals surface area contributed by atoms with Gasteiger partial charge in [0.25, 0.3) is 0 Å². The highest BCUT2D eigenvalue weighted by atomic mass is 79.9. The quantitative estimate of drug-likeness (QED) is 0.709. The largest absolute Gasteiger partial charge is 0.289 e. The van der Waals surface area contributed by atoms with Crippen molar-refractivity contribution in [2.24, 2.45) is 0 Å². The molecule has 0 radical (unpaired) electrons. The van der Waals surface area contributed by atoms with E-state index in [4.69, 9.17) is 23.2 Å². The standard InChI is InChI=1S/C13H7BrCl2O/c14-10-3-1-2-8(6-10)13(17)9-4-5-11(15)12(16)7-9/h1-7H. The SMILES string of the molecule is O=C(c1cccc(Br)c1)c1ccc(Cl)c(Cl)c1. The lowest BCUT2D eigenvalue weighted by molar-refractivity contribution is 0.103. The third-order valence-corrected chi connectivity index (χ3v) is 3.50. The Bertz CT molecular complexity index is 581. The molecule has 2 aromatic rings. The zero-order valence-corrected chi connectivity index (χ0v) is 11.7. The fraction of sp³-hybridized carbons (Fsp3) is 0. The summed E-state index contributed by atoms with van der Waals surface area (Å²) in [4.78, 5) is 12.1. The van der Waals surface area contributed by atoms with Crippen LogP contribution in [0.1, 0.15) is 15.9 Å². The molecule has 1 nitrogen and oxygen atoms in total. The topological polar surface area (TPSA) is 17.1 Å². The second kappa shape index (κ2) is 5.21. The molecule has 0 atom stereocenters. The second-order valence-electron chi connectivity index (χ2n) is 3.47. The van der Waals surface area contributed by atoms with Gasteiger partial charge in [0.15, 0.2) is 5.78 Å². The van der Waals surface area contributed by atoms with Crippen LogP contribution in [-0.2, 0) is 0 Å². The van der Waals surface area contributed by atoms with Crippen molar-refractivity contribution in [1.29, 1.82) is 0 Å². The molecule has 86 valence electrons. The number of hydrogen-bond donors (Lipinski definition) is 0. The number of carbonyl (C=O) groups is 1. The van der Waals surface area contributed by atoms with Crippen LogP contribution in [0.3, 0.4) is 0 Å². The summed E-state index contributed by atoms with van der Waals surface area (Å²) in [6, 6.07) is 12.1. The van der Waals surface area contributed by atoms with Crippen molar-refractivity contribution in [3.63, 3.8) is 0 Å². The Balaban J connectivity index is 2.40. The van der Waals surface area contributed by atoms with Gasteiger partial charge >= 0.3 is 0 Å². The summed E-state index contributed by atoms with van der Waals surface area (Å²) in [7, 11) is 0. The van der Waals surface area contributed by atoms with Gasteiger partial charge in [0, 0.05) is 15.6 Å². The van der Waals surface area contributed by atoms with Gasteiger partial charge in [0.2, 0.25) is 0 Å². The maximum Gasteiger partial charge on any atom is 0.193 e. The van der Waals surface area contributed by atoms with Gasteiger partial charge in [0.1, 0.15) is 0 Å². The Hall–Kier alpha value is -0.830. The van der Waals surface area contributed by atoms with E-state index in [1.807, 2.05) is 12.1 Å². The van der Waals surface area contributed by atoms with Crippen molar-refractivity contribution in [2.45, 2.75) is 0 Å². The van der Waals surface area contributed by atoms with Crippen molar-refractivity contribution < 1.29 is 4.79 Å². The fourth-order valence-corrected chi connectivity index (χ4v) is 2.13. The minimum atomic E-state index is -0.0788. The van der Waals surface area contributed by atoms with Gasteiger partial charge < -0.3 is 0 Å². The number of hydrogen-bond acceptors (Lipinski definition) is 1. The number of halogens is 3. The van der Waals surface area contributed by atoms with Gasteiger partial charge in [-0.15, -0.1) is 0 Å². The van der Waals surface area contributed by atoms with E-state index in [0.29, 0.717) is 21.2 Å². The summed E-state index contributed by atoms with van der Waals surface area (Å²) in [5.41, 5.74) is 1.13. The number of rotatable bonds is 2. The van der Waals surface area contributed by atoms with E-state index in [9.17, 15) is 4.79 Å². The highest BCUT2D eigenvalue weighted by molar-refractivity contribution is 9.10. The molecule has 4 heteroatoms. The van der Waals surface area contributed by atoms with Crippen LogP contribution >= 0.6 is 39.1 Å². The van der Waals surface area contributed by atoms with E-state index >= 15 is 0 Å². The Kier molecular flexibility index (Phi) is 3.87. The first kappa shape index (κ1) is 12.6. The summed E-state index contributed by atoms with van der Waals surface area (Å²) in [6.07, 6.45) is 0. The maximum atomic E-state index is 12.1. The number of benzene rings is 2. The highest BCUT2D eigenvalue weighted by Gasteiger charge is 2.10. The first-order chi connectivity index (χ1) is 8.08. The van der Waals surface area contributed by atoms with E-state index in [1.165, 1.54) is 0 Å². The Labute approximate surface area is 117 Å². The molecule has 0 aliphatic rings. The van der Waals surface area contributed by atoms with Crippen LogP contribution in [0.5, 0.6) is 0 Å². The van der Waals surface area contributed by atoms with Crippen LogP contribution in [-0.4, -0.2) is 5.78 Å². The van der Waals surface area contributed by atoms with Gasteiger partial charge in [-0.25, -0.2) is 0 Å². The monoisotopic (exact) mass is 328 g/mol. The molecule has 2 aromatic carbocycles. The first-order valence-electron chi connectivity index (χ1n) is 4.83. The Morgan fingerprint density at radius 1 is 0.941 bits per heavy atom. The molecule has 0 heterocycles. The molecule has 17 heavy (non-hydrogen) atoms. The van der Waals surface area contributed by atoms with Crippen molar-refractivity contribution >= 4 is 44.9 Å². The molecule has 2 rings (SSSR count). The van der Waals surface area contributed by atoms with Crippen LogP contribution in [0.2, 0.25) is 10.0 Å². The van der Waals surface area contributed by atoms with Gasteiger partial charge in [-0.2, -0.15) is 0 Å². The summed E-state index contributed by atoms with van der Waals surface area (Å²) >= 11 is 15.0. The van der Waals surface area contributed by atoms with E-state index < -0.39 is 0 Å². The minimum absolute atomic E-state index is 0.0788. The third-order valence-electron chi connectivity index (χ3n) is 2.27. The third kappa shape index (κ3) is 2.89. The lowest BCUT2D eigenvalue weighted by Gasteiger charge is -2.03. The lowest BCUT2D eigenvalue weighted by Crippen LogP contribution is -2.00. The maximum absolute atomic E-state index is 12.1. The van der Waals surface area contributed by atoms with Crippen LogP contribution in [0.15, 0.2) is 46.9 Å². The summed E-state index contributed by atoms with van der Waals surface area (Å²) in [5, 5.41) is 0.824. The molecule has 0 unspecified atom stereocenters. The van der Waals surface area contributed by atoms with Gasteiger partial charge in [-0.3, -0.25) is 4.79 Å². The Morgan fingerprint density at radius 3 is 2.29 bits per heavy atom. The summed E-state index contributed by atoms with van der Waals surface area (Å²) < 4.78 is 0.864. The predicted octanol–water partition coefficient (Wildman–Crippen LogP) is 4.99. The molecule has 0 saturated heterocycles. The van der Waals surface area contributed by atoms with Crippen LogP contribution < -0.4 is 0 Å². The van der Waals surface area contributed by atoms with E-state index in [1.54, 1.807) is 30.3 Å². The smallest absolute Gasteiger partial charge is 0.193 e. The normalized spacial score (nSPS) is 10.3. The van der Waals surface area contributed by atoms with Gasteiger partial charge in [0.05, 0.1) is 10.0 Å². The molecular weight excluding hydrogens is 323 g/mol. The minimum Gasteiger partial charge on any atom is -0.289 e. The van der Waals surface area contributed by atoms with Crippen LogP contribution in [0.4, 0.5) is 0 Å². The zero-order valence-electron chi connectivity index (χ0n) is 8.58. The van der Waals surface area contributed by atoms with Crippen LogP contribution in [0, 0.1) is 0 Å². The number of ketones is 1. The molecular formula is C13H7BrCl2O.